The van der Waals surface area contributed by atoms with Gasteiger partial charge in [0.1, 0.15) is 0 Å². The Morgan fingerprint density at radius 2 is 1.32 bits per heavy atom. The fraction of sp³-hybridized carbons (Fsp3) is 0.0476. The van der Waals surface area contributed by atoms with Gasteiger partial charge in [0.2, 0.25) is 11.8 Å². The number of sulfonamides is 1. The average molecular weight is 391 g/mol. The number of nitrogens with zero attached hydrogens (tertiary/aromatic N) is 2. The number of aromatic nitrogens is 2. The molecule has 0 fully saturated rings. The zero-order chi connectivity index (χ0) is 19.6. The van der Waals surface area contributed by atoms with Crippen molar-refractivity contribution in [2.75, 3.05) is 4.72 Å². The van der Waals surface area contributed by atoms with Gasteiger partial charge in [-0.25, -0.2) is 8.42 Å². The molecule has 4 rings (SSSR count). The van der Waals surface area contributed by atoms with E-state index < -0.39 is 10.0 Å². The summed E-state index contributed by atoms with van der Waals surface area (Å²) in [5.74, 6) is 0.798. The van der Waals surface area contributed by atoms with Crippen molar-refractivity contribution in [3.05, 3.63) is 84.4 Å². The predicted molar refractivity (Wildman–Crippen MR) is 107 cm³/mol. The van der Waals surface area contributed by atoms with Gasteiger partial charge in [-0.2, -0.15) is 0 Å². The highest BCUT2D eigenvalue weighted by Crippen LogP contribution is 2.25. The number of rotatable bonds is 5. The van der Waals surface area contributed by atoms with Crippen molar-refractivity contribution in [3.8, 4) is 22.9 Å². The SMILES string of the molecule is Cc1ccc(S(=O)(=O)Nc2ccc(-c3nnc(-c4ccccc4)o3)cc2)cc1. The minimum Gasteiger partial charge on any atom is -0.416 e. The van der Waals surface area contributed by atoms with Crippen molar-refractivity contribution in [1.82, 2.24) is 10.2 Å². The van der Waals surface area contributed by atoms with E-state index in [2.05, 4.69) is 14.9 Å². The van der Waals surface area contributed by atoms with Crippen molar-refractivity contribution in [2.24, 2.45) is 0 Å². The maximum atomic E-state index is 12.5. The highest BCUT2D eigenvalue weighted by molar-refractivity contribution is 7.92. The second kappa shape index (κ2) is 7.28. The molecule has 140 valence electrons. The average Bonchev–Trinajstić information content (AvgIpc) is 3.19. The van der Waals surface area contributed by atoms with Gasteiger partial charge in [0.05, 0.1) is 4.90 Å². The molecule has 0 spiro atoms. The largest absolute Gasteiger partial charge is 0.416 e. The summed E-state index contributed by atoms with van der Waals surface area (Å²) in [6.45, 7) is 1.91. The maximum Gasteiger partial charge on any atom is 0.261 e. The first-order valence-corrected chi connectivity index (χ1v) is 10.1. The lowest BCUT2D eigenvalue weighted by atomic mass is 10.2. The standard InChI is InChI=1S/C21H17N3O3S/c1-15-7-13-19(14-8-15)28(25,26)24-18-11-9-17(10-12-18)21-23-22-20(27-21)16-5-3-2-4-6-16/h2-14,24H,1H3. The molecule has 6 nitrogen and oxygen atoms in total. The molecular weight excluding hydrogens is 374 g/mol. The van der Waals surface area contributed by atoms with Crippen LogP contribution in [-0.2, 0) is 10.0 Å². The molecular formula is C21H17N3O3S. The number of aryl methyl sites for hydroxylation is 1. The summed E-state index contributed by atoms with van der Waals surface area (Å²) in [4.78, 5) is 0.214. The molecule has 0 amide bonds. The van der Waals surface area contributed by atoms with Gasteiger partial charge in [-0.05, 0) is 55.5 Å². The number of anilines is 1. The van der Waals surface area contributed by atoms with Crippen molar-refractivity contribution >= 4 is 15.7 Å². The summed E-state index contributed by atoms with van der Waals surface area (Å²) in [6.07, 6.45) is 0. The molecule has 1 heterocycles. The molecule has 0 aliphatic rings. The number of hydrogen-bond acceptors (Lipinski definition) is 5. The Balaban J connectivity index is 1.53. The zero-order valence-corrected chi connectivity index (χ0v) is 15.8. The van der Waals surface area contributed by atoms with E-state index in [-0.39, 0.29) is 4.90 Å². The van der Waals surface area contributed by atoms with Crippen LogP contribution in [0.2, 0.25) is 0 Å². The third-order valence-electron chi connectivity index (χ3n) is 4.16. The van der Waals surface area contributed by atoms with Crippen LogP contribution in [0.25, 0.3) is 22.9 Å². The summed E-state index contributed by atoms with van der Waals surface area (Å²) in [6, 6.07) is 23.0. The molecule has 0 atom stereocenters. The molecule has 0 aliphatic carbocycles. The van der Waals surface area contributed by atoms with Crippen molar-refractivity contribution in [2.45, 2.75) is 11.8 Å². The van der Waals surface area contributed by atoms with Crippen LogP contribution in [0.1, 0.15) is 5.56 Å². The first-order valence-electron chi connectivity index (χ1n) is 8.60. The monoisotopic (exact) mass is 391 g/mol. The summed E-state index contributed by atoms with van der Waals surface area (Å²) >= 11 is 0. The van der Waals surface area contributed by atoms with Gasteiger partial charge >= 0.3 is 0 Å². The van der Waals surface area contributed by atoms with E-state index in [0.717, 1.165) is 11.1 Å². The summed E-state index contributed by atoms with van der Waals surface area (Å²) in [5.41, 5.74) is 2.99. The highest BCUT2D eigenvalue weighted by atomic mass is 32.2. The fourth-order valence-electron chi connectivity index (χ4n) is 2.65. The van der Waals surface area contributed by atoms with Gasteiger partial charge in [-0.1, -0.05) is 35.9 Å². The normalized spacial score (nSPS) is 11.3. The highest BCUT2D eigenvalue weighted by Gasteiger charge is 2.15. The Morgan fingerprint density at radius 3 is 1.93 bits per heavy atom. The maximum absolute atomic E-state index is 12.5. The van der Waals surface area contributed by atoms with Crippen LogP contribution in [0, 0.1) is 6.92 Å². The smallest absolute Gasteiger partial charge is 0.261 e. The van der Waals surface area contributed by atoms with E-state index in [9.17, 15) is 8.42 Å². The third kappa shape index (κ3) is 3.79. The van der Waals surface area contributed by atoms with E-state index in [0.29, 0.717) is 23.0 Å². The molecule has 0 radical (unpaired) electrons. The minimum atomic E-state index is -3.64. The summed E-state index contributed by atoms with van der Waals surface area (Å²) < 4.78 is 33.2. The Hall–Kier alpha value is -3.45. The fourth-order valence-corrected chi connectivity index (χ4v) is 3.71. The lowest BCUT2D eigenvalue weighted by Crippen LogP contribution is -2.12. The third-order valence-corrected chi connectivity index (χ3v) is 5.56. The molecule has 7 heteroatoms. The molecule has 3 aromatic carbocycles. The van der Waals surface area contributed by atoms with Crippen LogP contribution in [-0.4, -0.2) is 18.6 Å². The van der Waals surface area contributed by atoms with Crippen molar-refractivity contribution < 1.29 is 12.8 Å². The molecule has 4 aromatic rings. The van der Waals surface area contributed by atoms with E-state index in [4.69, 9.17) is 4.42 Å². The van der Waals surface area contributed by atoms with E-state index >= 15 is 0 Å². The van der Waals surface area contributed by atoms with Crippen molar-refractivity contribution in [3.63, 3.8) is 0 Å². The lowest BCUT2D eigenvalue weighted by Gasteiger charge is -2.08. The van der Waals surface area contributed by atoms with Crippen LogP contribution in [0.4, 0.5) is 5.69 Å². The van der Waals surface area contributed by atoms with Gasteiger partial charge in [-0.3, -0.25) is 4.72 Å². The Bertz CT molecular complexity index is 1180. The van der Waals surface area contributed by atoms with Crippen molar-refractivity contribution in [1.29, 1.82) is 0 Å². The van der Waals surface area contributed by atoms with Crippen LogP contribution < -0.4 is 4.72 Å². The molecule has 0 saturated heterocycles. The second-order valence-electron chi connectivity index (χ2n) is 6.27. The quantitative estimate of drug-likeness (QED) is 0.541. The number of benzene rings is 3. The summed E-state index contributed by atoms with van der Waals surface area (Å²) in [5, 5.41) is 8.13. The Kier molecular flexibility index (Phi) is 4.67. The molecule has 0 saturated carbocycles. The van der Waals surface area contributed by atoms with E-state index in [1.807, 2.05) is 37.3 Å². The Labute approximate surface area is 162 Å². The Morgan fingerprint density at radius 1 is 0.750 bits per heavy atom. The van der Waals surface area contributed by atoms with Gasteiger partial charge < -0.3 is 4.42 Å². The molecule has 0 aliphatic heterocycles. The summed E-state index contributed by atoms with van der Waals surface area (Å²) in [7, 11) is -3.64. The van der Waals surface area contributed by atoms with Gasteiger partial charge in [-0.15, -0.1) is 10.2 Å². The molecule has 0 bridgehead atoms. The minimum absolute atomic E-state index is 0.214. The van der Waals surface area contributed by atoms with E-state index in [1.165, 1.54) is 0 Å². The van der Waals surface area contributed by atoms with Gasteiger partial charge in [0.25, 0.3) is 10.0 Å². The van der Waals surface area contributed by atoms with Crippen LogP contribution in [0.5, 0.6) is 0 Å². The van der Waals surface area contributed by atoms with Crippen LogP contribution in [0.3, 0.4) is 0 Å². The van der Waals surface area contributed by atoms with E-state index in [1.54, 1.807) is 48.5 Å². The van der Waals surface area contributed by atoms with Crippen LogP contribution in [0.15, 0.2) is 88.2 Å². The molecule has 1 aromatic heterocycles. The van der Waals surface area contributed by atoms with Gasteiger partial charge in [0, 0.05) is 16.8 Å². The topological polar surface area (TPSA) is 85.1 Å². The van der Waals surface area contributed by atoms with Gasteiger partial charge in [0.15, 0.2) is 0 Å². The number of hydrogen-bond donors (Lipinski definition) is 1. The van der Waals surface area contributed by atoms with Crippen LogP contribution >= 0.6 is 0 Å². The predicted octanol–water partition coefficient (Wildman–Crippen LogP) is 4.51. The molecule has 28 heavy (non-hydrogen) atoms. The first-order chi connectivity index (χ1) is 13.5. The first kappa shape index (κ1) is 17.9. The molecule has 0 unspecified atom stereocenters. The zero-order valence-electron chi connectivity index (χ0n) is 15.0. The second-order valence-corrected chi connectivity index (χ2v) is 7.96. The molecule has 1 N–H and O–H groups in total. The number of nitrogens with one attached hydrogen (secondary N) is 1. The lowest BCUT2D eigenvalue weighted by molar-refractivity contribution is 0.584.